The van der Waals surface area contributed by atoms with Gasteiger partial charge in [-0.1, -0.05) is 13.0 Å². The predicted molar refractivity (Wildman–Crippen MR) is 66.1 cm³/mol. The van der Waals surface area contributed by atoms with E-state index < -0.39 is 0 Å². The molecular weight excluding hydrogens is 212 g/mol. The van der Waals surface area contributed by atoms with Crippen LogP contribution >= 0.6 is 0 Å². The molecule has 17 heavy (non-hydrogen) atoms. The first-order valence-electron chi connectivity index (χ1n) is 6.52. The quantitative estimate of drug-likeness (QED) is 0.743. The number of carbonyl (C=O) groups excluding carboxylic acids is 1. The monoisotopic (exact) mass is 230 g/mol. The van der Waals surface area contributed by atoms with Gasteiger partial charge in [-0.3, -0.25) is 4.79 Å². The normalized spacial score (nSPS) is 31.8. The van der Waals surface area contributed by atoms with Gasteiger partial charge in [0.15, 0.2) is 0 Å². The lowest BCUT2D eigenvalue weighted by molar-refractivity contribution is -0.129. The number of hydrogen-bond acceptors (Lipinski definition) is 2. The summed E-state index contributed by atoms with van der Waals surface area (Å²) in [6.07, 6.45) is 4.03. The Kier molecular flexibility index (Phi) is 2.46. The van der Waals surface area contributed by atoms with Crippen molar-refractivity contribution in [3.8, 4) is 5.75 Å². The Hall–Kier alpha value is -1.31. The number of aryl methyl sites for hydroxylation is 1. The van der Waals surface area contributed by atoms with E-state index in [1.54, 1.807) is 6.07 Å². The van der Waals surface area contributed by atoms with Crippen molar-refractivity contribution in [3.63, 3.8) is 0 Å². The lowest BCUT2D eigenvalue weighted by atomic mass is 9.65. The van der Waals surface area contributed by atoms with E-state index in [1.165, 1.54) is 11.1 Å². The van der Waals surface area contributed by atoms with Crippen molar-refractivity contribution >= 4 is 5.78 Å². The van der Waals surface area contributed by atoms with Crippen molar-refractivity contribution in [1.82, 2.24) is 0 Å². The summed E-state index contributed by atoms with van der Waals surface area (Å²) in [7, 11) is 0. The van der Waals surface area contributed by atoms with Crippen LogP contribution in [0.25, 0.3) is 0 Å². The topological polar surface area (TPSA) is 37.3 Å². The summed E-state index contributed by atoms with van der Waals surface area (Å²) in [5.41, 5.74) is 2.55. The van der Waals surface area contributed by atoms with E-state index in [4.69, 9.17) is 0 Å². The van der Waals surface area contributed by atoms with Gasteiger partial charge in [0.25, 0.3) is 0 Å². The summed E-state index contributed by atoms with van der Waals surface area (Å²) in [6, 6.07) is 5.64. The van der Waals surface area contributed by atoms with E-state index >= 15 is 0 Å². The highest BCUT2D eigenvalue weighted by Gasteiger charge is 2.39. The first kappa shape index (κ1) is 10.8. The fourth-order valence-corrected chi connectivity index (χ4v) is 3.53. The molecular formula is C15H18O2. The molecule has 1 saturated carbocycles. The van der Waals surface area contributed by atoms with Crippen LogP contribution in [0, 0.1) is 11.8 Å². The van der Waals surface area contributed by atoms with E-state index in [0.29, 0.717) is 17.5 Å². The molecule has 0 bridgehead atoms. The van der Waals surface area contributed by atoms with Gasteiger partial charge in [0.2, 0.25) is 0 Å². The van der Waals surface area contributed by atoms with Gasteiger partial charge in [-0.15, -0.1) is 0 Å². The molecule has 0 radical (unpaired) electrons. The molecule has 2 heteroatoms. The maximum absolute atomic E-state index is 12.2. The summed E-state index contributed by atoms with van der Waals surface area (Å²) in [5.74, 6) is 1.69. The van der Waals surface area contributed by atoms with Gasteiger partial charge < -0.3 is 5.11 Å². The Morgan fingerprint density at radius 2 is 2.00 bits per heavy atom. The molecule has 0 amide bonds. The number of aromatic hydroxyl groups is 1. The number of Topliss-reactive ketones (excluding diaryl/α,β-unsaturated/α-hetero) is 1. The third-order valence-corrected chi connectivity index (χ3v) is 4.50. The molecule has 3 unspecified atom stereocenters. The number of hydrogen-bond donors (Lipinski definition) is 1. The van der Waals surface area contributed by atoms with Crippen LogP contribution in [0.4, 0.5) is 0 Å². The molecule has 1 aromatic carbocycles. The minimum absolute atomic E-state index is 0.232. The van der Waals surface area contributed by atoms with Gasteiger partial charge in [-0.25, -0.2) is 0 Å². The highest BCUT2D eigenvalue weighted by Crippen LogP contribution is 2.45. The zero-order valence-corrected chi connectivity index (χ0v) is 10.1. The molecule has 0 heterocycles. The summed E-state index contributed by atoms with van der Waals surface area (Å²) < 4.78 is 0. The molecule has 0 saturated heterocycles. The number of fused-ring (bicyclic) bond motifs is 3. The van der Waals surface area contributed by atoms with Crippen LogP contribution in [0.5, 0.6) is 5.75 Å². The molecule has 0 aliphatic heterocycles. The Balaban J connectivity index is 1.99. The first-order chi connectivity index (χ1) is 8.16. The standard InChI is InChI=1S/C15H18O2/c1-9-2-5-13-12-7-4-11(16)8-10(12)3-6-14(13)15(9)17/h4,7-9,13-14,16H,2-3,5-6H2,1H3. The van der Waals surface area contributed by atoms with Crippen LogP contribution < -0.4 is 0 Å². The maximum Gasteiger partial charge on any atom is 0.139 e. The Bertz CT molecular complexity index is 464. The van der Waals surface area contributed by atoms with Crippen molar-refractivity contribution < 1.29 is 9.90 Å². The van der Waals surface area contributed by atoms with Gasteiger partial charge in [-0.2, -0.15) is 0 Å². The largest absolute Gasteiger partial charge is 0.508 e. The van der Waals surface area contributed by atoms with E-state index in [2.05, 4.69) is 6.92 Å². The fraction of sp³-hybridized carbons (Fsp3) is 0.533. The van der Waals surface area contributed by atoms with Crippen LogP contribution in [0.15, 0.2) is 18.2 Å². The molecule has 1 N–H and O–H groups in total. The van der Waals surface area contributed by atoms with E-state index in [-0.39, 0.29) is 11.8 Å². The highest BCUT2D eigenvalue weighted by molar-refractivity contribution is 5.85. The Morgan fingerprint density at radius 1 is 1.18 bits per heavy atom. The van der Waals surface area contributed by atoms with Crippen molar-refractivity contribution in [1.29, 1.82) is 0 Å². The summed E-state index contributed by atoms with van der Waals surface area (Å²) >= 11 is 0. The smallest absolute Gasteiger partial charge is 0.139 e. The number of rotatable bonds is 0. The van der Waals surface area contributed by atoms with Crippen molar-refractivity contribution in [2.24, 2.45) is 11.8 Å². The van der Waals surface area contributed by atoms with Crippen molar-refractivity contribution in [2.45, 2.75) is 38.5 Å². The second-order valence-corrected chi connectivity index (χ2v) is 5.52. The average molecular weight is 230 g/mol. The van der Waals surface area contributed by atoms with Gasteiger partial charge in [-0.05, 0) is 54.9 Å². The predicted octanol–water partition coefficient (Wildman–Crippen LogP) is 3.04. The second-order valence-electron chi connectivity index (χ2n) is 5.52. The molecule has 2 nitrogen and oxygen atoms in total. The van der Waals surface area contributed by atoms with Crippen molar-refractivity contribution in [2.75, 3.05) is 0 Å². The van der Waals surface area contributed by atoms with E-state index in [9.17, 15) is 9.90 Å². The maximum atomic E-state index is 12.2. The Morgan fingerprint density at radius 3 is 2.82 bits per heavy atom. The third kappa shape index (κ3) is 1.67. The minimum atomic E-state index is 0.232. The molecule has 0 spiro atoms. The third-order valence-electron chi connectivity index (χ3n) is 4.50. The number of phenolic OH excluding ortho intramolecular Hbond substituents is 1. The van der Waals surface area contributed by atoms with Crippen molar-refractivity contribution in [3.05, 3.63) is 29.3 Å². The summed E-state index contributed by atoms with van der Waals surface area (Å²) in [5, 5.41) is 9.51. The van der Waals surface area contributed by atoms with Crippen LogP contribution in [0.1, 0.15) is 43.2 Å². The molecule has 2 aliphatic carbocycles. The average Bonchev–Trinajstić information content (AvgIpc) is 2.33. The number of ketones is 1. The number of phenols is 1. The minimum Gasteiger partial charge on any atom is -0.508 e. The van der Waals surface area contributed by atoms with E-state index in [1.807, 2.05) is 12.1 Å². The number of carbonyl (C=O) groups is 1. The van der Waals surface area contributed by atoms with Gasteiger partial charge >= 0.3 is 0 Å². The Labute approximate surface area is 102 Å². The van der Waals surface area contributed by atoms with Crippen LogP contribution in [0.2, 0.25) is 0 Å². The fourth-order valence-electron chi connectivity index (χ4n) is 3.53. The summed E-state index contributed by atoms with van der Waals surface area (Å²) in [4.78, 5) is 12.2. The molecule has 2 aliphatic rings. The lowest BCUT2D eigenvalue weighted by Gasteiger charge is -2.38. The SMILES string of the molecule is CC1CCC2c3ccc(O)cc3CCC2C1=O. The number of benzene rings is 1. The molecule has 0 aromatic heterocycles. The van der Waals surface area contributed by atoms with Gasteiger partial charge in [0.1, 0.15) is 11.5 Å². The zero-order chi connectivity index (χ0) is 12.0. The van der Waals surface area contributed by atoms with Gasteiger partial charge in [0.05, 0.1) is 0 Å². The lowest BCUT2D eigenvalue weighted by Crippen LogP contribution is -2.35. The van der Waals surface area contributed by atoms with Gasteiger partial charge in [0, 0.05) is 11.8 Å². The first-order valence-corrected chi connectivity index (χ1v) is 6.52. The zero-order valence-electron chi connectivity index (χ0n) is 10.1. The molecule has 3 rings (SSSR count). The second kappa shape index (κ2) is 3.86. The van der Waals surface area contributed by atoms with Crippen LogP contribution in [-0.4, -0.2) is 10.9 Å². The molecule has 1 fully saturated rings. The summed E-state index contributed by atoms with van der Waals surface area (Å²) in [6.45, 7) is 2.06. The molecule has 90 valence electrons. The molecule has 3 atom stereocenters. The molecule has 1 aromatic rings. The van der Waals surface area contributed by atoms with Crippen LogP contribution in [0.3, 0.4) is 0 Å². The van der Waals surface area contributed by atoms with Crippen LogP contribution in [-0.2, 0) is 11.2 Å². The van der Waals surface area contributed by atoms with E-state index in [0.717, 1.165) is 25.7 Å². The highest BCUT2D eigenvalue weighted by atomic mass is 16.3.